The average molecular weight is 291 g/mol. The first-order chi connectivity index (χ1) is 10.2. The van der Waals surface area contributed by atoms with Crippen molar-refractivity contribution >= 4 is 5.97 Å². The Kier molecular flexibility index (Phi) is 3.95. The van der Waals surface area contributed by atoms with E-state index in [0.717, 1.165) is 5.56 Å². The van der Waals surface area contributed by atoms with Gasteiger partial charge >= 0.3 is 5.97 Å². The maximum Gasteiger partial charge on any atom is 0.316 e. The number of esters is 1. The molecule has 2 aliphatic rings. The molecule has 1 aromatic rings. The topological polar surface area (TPSA) is 57.7 Å². The second-order valence-electron chi connectivity index (χ2n) is 5.65. The Labute approximate surface area is 124 Å². The summed E-state index contributed by atoms with van der Waals surface area (Å²) in [5, 5.41) is 0. The van der Waals surface area contributed by atoms with Crippen molar-refractivity contribution in [2.75, 3.05) is 19.8 Å². The maximum absolute atomic E-state index is 12.6. The van der Waals surface area contributed by atoms with Crippen molar-refractivity contribution in [1.82, 2.24) is 4.98 Å². The number of aromatic nitrogens is 1. The van der Waals surface area contributed by atoms with Crippen LogP contribution in [0.2, 0.25) is 0 Å². The second-order valence-corrected chi connectivity index (χ2v) is 5.65. The molecular formula is C16H21NO4. The highest BCUT2D eigenvalue weighted by Gasteiger charge is 2.51. The largest absolute Gasteiger partial charge is 0.465 e. The van der Waals surface area contributed by atoms with Crippen molar-refractivity contribution < 1.29 is 19.0 Å². The molecule has 1 aliphatic carbocycles. The fourth-order valence-corrected chi connectivity index (χ4v) is 3.39. The number of hydrogen-bond donors (Lipinski definition) is 0. The molecule has 114 valence electrons. The SMILES string of the molecule is CCOC(=O)C1(c2ccncc2)CCC2(CC1)OCCO2. The Morgan fingerprint density at radius 1 is 1.19 bits per heavy atom. The summed E-state index contributed by atoms with van der Waals surface area (Å²) in [7, 11) is 0. The van der Waals surface area contributed by atoms with Crippen LogP contribution < -0.4 is 0 Å². The van der Waals surface area contributed by atoms with Crippen molar-refractivity contribution in [3.63, 3.8) is 0 Å². The van der Waals surface area contributed by atoms with Gasteiger partial charge < -0.3 is 14.2 Å². The summed E-state index contributed by atoms with van der Waals surface area (Å²) in [6, 6.07) is 3.82. The highest BCUT2D eigenvalue weighted by atomic mass is 16.7. The van der Waals surface area contributed by atoms with E-state index in [-0.39, 0.29) is 5.97 Å². The predicted molar refractivity (Wildman–Crippen MR) is 75.7 cm³/mol. The van der Waals surface area contributed by atoms with Crippen LogP contribution in [0.3, 0.4) is 0 Å². The summed E-state index contributed by atoms with van der Waals surface area (Å²) in [6.45, 7) is 3.51. The Bertz CT molecular complexity index is 486. The molecule has 1 aliphatic heterocycles. The molecule has 3 rings (SSSR count). The lowest BCUT2D eigenvalue weighted by molar-refractivity contribution is -0.191. The van der Waals surface area contributed by atoms with Crippen molar-refractivity contribution in [3.05, 3.63) is 30.1 Å². The first-order valence-electron chi connectivity index (χ1n) is 7.56. The average Bonchev–Trinajstić information content (AvgIpc) is 2.98. The van der Waals surface area contributed by atoms with Crippen LogP contribution in [-0.4, -0.2) is 36.6 Å². The van der Waals surface area contributed by atoms with Crippen LogP contribution in [0.1, 0.15) is 38.2 Å². The maximum atomic E-state index is 12.6. The third-order valence-corrected chi connectivity index (χ3v) is 4.58. The van der Waals surface area contributed by atoms with Crippen LogP contribution in [0, 0.1) is 0 Å². The van der Waals surface area contributed by atoms with E-state index in [1.165, 1.54) is 0 Å². The number of carbonyl (C=O) groups excluding carboxylic acids is 1. The molecule has 2 heterocycles. The summed E-state index contributed by atoms with van der Waals surface area (Å²) in [5.74, 6) is -0.632. The minimum Gasteiger partial charge on any atom is -0.465 e. The van der Waals surface area contributed by atoms with E-state index < -0.39 is 11.2 Å². The smallest absolute Gasteiger partial charge is 0.316 e. The van der Waals surface area contributed by atoms with Crippen LogP contribution in [0.4, 0.5) is 0 Å². The van der Waals surface area contributed by atoms with E-state index >= 15 is 0 Å². The molecule has 0 unspecified atom stereocenters. The Morgan fingerprint density at radius 3 is 2.38 bits per heavy atom. The van der Waals surface area contributed by atoms with Gasteiger partial charge in [-0.3, -0.25) is 9.78 Å². The Hall–Kier alpha value is -1.46. The number of hydrogen-bond acceptors (Lipinski definition) is 5. The number of pyridine rings is 1. The minimum absolute atomic E-state index is 0.149. The molecule has 0 radical (unpaired) electrons. The van der Waals surface area contributed by atoms with Crippen molar-refractivity contribution in [2.45, 2.75) is 43.8 Å². The Balaban J connectivity index is 1.87. The summed E-state index contributed by atoms with van der Waals surface area (Å²) >= 11 is 0. The van der Waals surface area contributed by atoms with Crippen molar-refractivity contribution in [3.8, 4) is 0 Å². The zero-order valence-electron chi connectivity index (χ0n) is 12.3. The standard InChI is InChI=1S/C16H21NO4/c1-2-19-14(18)15(13-3-9-17-10-4-13)5-7-16(8-6-15)20-11-12-21-16/h3-4,9-10H,2,5-8,11-12H2,1H3. The normalized spacial score (nSPS) is 23.1. The first kappa shape index (κ1) is 14.5. The first-order valence-corrected chi connectivity index (χ1v) is 7.56. The van der Waals surface area contributed by atoms with Gasteiger partial charge in [0.05, 0.1) is 25.2 Å². The van der Waals surface area contributed by atoms with Crippen LogP contribution in [-0.2, 0) is 24.4 Å². The molecule has 0 N–H and O–H groups in total. The monoisotopic (exact) mass is 291 g/mol. The lowest BCUT2D eigenvalue weighted by Crippen LogP contribution is -2.47. The molecule has 1 aromatic heterocycles. The quantitative estimate of drug-likeness (QED) is 0.799. The van der Waals surface area contributed by atoms with E-state index in [9.17, 15) is 4.79 Å². The van der Waals surface area contributed by atoms with E-state index in [1.54, 1.807) is 12.4 Å². The van der Waals surface area contributed by atoms with E-state index in [4.69, 9.17) is 14.2 Å². The number of carbonyl (C=O) groups is 1. The van der Waals surface area contributed by atoms with Crippen molar-refractivity contribution in [1.29, 1.82) is 0 Å². The van der Waals surface area contributed by atoms with E-state index in [1.807, 2.05) is 19.1 Å². The zero-order chi connectivity index (χ0) is 14.8. The van der Waals surface area contributed by atoms with Gasteiger partial charge in [-0.15, -0.1) is 0 Å². The fraction of sp³-hybridized carbons (Fsp3) is 0.625. The number of rotatable bonds is 3. The number of ether oxygens (including phenoxy) is 3. The van der Waals surface area contributed by atoms with Gasteiger partial charge in [0.2, 0.25) is 0 Å². The predicted octanol–water partition coefficient (Wildman–Crippen LogP) is 2.20. The molecule has 0 atom stereocenters. The molecule has 1 saturated heterocycles. The molecule has 0 aromatic carbocycles. The van der Waals surface area contributed by atoms with Crippen LogP contribution in [0.5, 0.6) is 0 Å². The second kappa shape index (κ2) is 5.73. The summed E-state index contributed by atoms with van der Waals surface area (Å²) in [5.41, 5.74) is 0.378. The zero-order valence-corrected chi connectivity index (χ0v) is 12.3. The van der Waals surface area contributed by atoms with E-state index in [0.29, 0.717) is 45.5 Å². The summed E-state index contributed by atoms with van der Waals surface area (Å²) in [4.78, 5) is 16.6. The summed E-state index contributed by atoms with van der Waals surface area (Å²) < 4.78 is 16.9. The van der Waals surface area contributed by atoms with Crippen LogP contribution in [0.25, 0.3) is 0 Å². The molecule has 0 bridgehead atoms. The van der Waals surface area contributed by atoms with Crippen LogP contribution >= 0.6 is 0 Å². The molecule has 5 nitrogen and oxygen atoms in total. The van der Waals surface area contributed by atoms with Gasteiger partial charge in [0.15, 0.2) is 5.79 Å². The Morgan fingerprint density at radius 2 is 1.81 bits per heavy atom. The lowest BCUT2D eigenvalue weighted by atomic mass is 9.68. The molecule has 2 fully saturated rings. The van der Waals surface area contributed by atoms with Gasteiger partial charge in [0.1, 0.15) is 0 Å². The minimum atomic E-state index is -0.598. The fourth-order valence-electron chi connectivity index (χ4n) is 3.39. The van der Waals surface area contributed by atoms with Gasteiger partial charge in [0, 0.05) is 25.2 Å². The molecule has 0 amide bonds. The van der Waals surface area contributed by atoms with Gasteiger partial charge in [-0.1, -0.05) is 0 Å². The molecular weight excluding hydrogens is 270 g/mol. The van der Waals surface area contributed by atoms with Gasteiger partial charge in [0.25, 0.3) is 0 Å². The third kappa shape index (κ3) is 2.56. The third-order valence-electron chi connectivity index (χ3n) is 4.58. The molecule has 1 saturated carbocycles. The molecule has 5 heteroatoms. The van der Waals surface area contributed by atoms with Crippen LogP contribution in [0.15, 0.2) is 24.5 Å². The van der Waals surface area contributed by atoms with Crippen molar-refractivity contribution in [2.24, 2.45) is 0 Å². The lowest BCUT2D eigenvalue weighted by Gasteiger charge is -2.42. The highest BCUT2D eigenvalue weighted by Crippen LogP contribution is 2.47. The van der Waals surface area contributed by atoms with Gasteiger partial charge in [-0.05, 0) is 37.5 Å². The van der Waals surface area contributed by atoms with E-state index in [2.05, 4.69) is 4.98 Å². The summed E-state index contributed by atoms with van der Waals surface area (Å²) in [6.07, 6.45) is 6.24. The van der Waals surface area contributed by atoms with Gasteiger partial charge in [-0.25, -0.2) is 0 Å². The van der Waals surface area contributed by atoms with Gasteiger partial charge in [-0.2, -0.15) is 0 Å². The number of nitrogens with zero attached hydrogens (tertiary/aromatic N) is 1. The highest BCUT2D eigenvalue weighted by molar-refractivity contribution is 5.83. The molecule has 1 spiro atoms. The molecule has 21 heavy (non-hydrogen) atoms.